The molecule has 1 aliphatic carbocycles. The van der Waals surface area contributed by atoms with E-state index in [0.717, 1.165) is 36.8 Å². The Bertz CT molecular complexity index is 709. The highest BCUT2D eigenvalue weighted by atomic mass is 16.3. The number of nitrogens with two attached hydrogens (primary N) is 1. The molecule has 1 aliphatic rings. The van der Waals surface area contributed by atoms with Crippen LogP contribution in [0.1, 0.15) is 42.5 Å². The largest absolute Gasteiger partial charge is 0.397 e. The number of carbonyl (C=O) groups is 1. The first kappa shape index (κ1) is 17.4. The standard InChI is InChI=1S/C20H25N3O2/c21-18-12-17(13-22-14-18)15-6-8-16(9-7-15)20(25)23(10-11-24)19-4-2-1-3-5-19/h6-9,12-14,19,24H,1-5,10-11,21H2. The Morgan fingerprint density at radius 2 is 1.84 bits per heavy atom. The van der Waals surface area contributed by atoms with Crippen LogP contribution in [-0.4, -0.2) is 40.1 Å². The number of nitrogen functional groups attached to an aromatic ring is 1. The number of carbonyl (C=O) groups excluding carboxylic acids is 1. The summed E-state index contributed by atoms with van der Waals surface area (Å²) in [5.41, 5.74) is 8.95. The van der Waals surface area contributed by atoms with Gasteiger partial charge in [-0.2, -0.15) is 0 Å². The Morgan fingerprint density at radius 1 is 1.12 bits per heavy atom. The molecule has 132 valence electrons. The number of anilines is 1. The number of hydrogen-bond donors (Lipinski definition) is 2. The normalized spacial score (nSPS) is 15.1. The van der Waals surface area contributed by atoms with Crippen LogP contribution in [0.5, 0.6) is 0 Å². The van der Waals surface area contributed by atoms with Crippen molar-refractivity contribution in [3.63, 3.8) is 0 Å². The molecular formula is C20H25N3O2. The number of nitrogens with zero attached hydrogens (tertiary/aromatic N) is 2. The van der Waals surface area contributed by atoms with Crippen LogP contribution < -0.4 is 5.73 Å². The van der Waals surface area contributed by atoms with Crippen molar-refractivity contribution < 1.29 is 9.90 Å². The lowest BCUT2D eigenvalue weighted by atomic mass is 9.93. The number of amides is 1. The lowest BCUT2D eigenvalue weighted by Gasteiger charge is -2.34. The molecule has 1 aromatic heterocycles. The predicted molar refractivity (Wildman–Crippen MR) is 99.1 cm³/mol. The highest BCUT2D eigenvalue weighted by Crippen LogP contribution is 2.25. The third kappa shape index (κ3) is 4.17. The zero-order valence-electron chi connectivity index (χ0n) is 14.4. The van der Waals surface area contributed by atoms with Crippen molar-refractivity contribution >= 4 is 11.6 Å². The molecule has 25 heavy (non-hydrogen) atoms. The number of aromatic nitrogens is 1. The van der Waals surface area contributed by atoms with Crippen LogP contribution in [0.2, 0.25) is 0 Å². The molecule has 5 heteroatoms. The third-order valence-corrected chi connectivity index (χ3v) is 4.84. The average Bonchev–Trinajstić information content (AvgIpc) is 2.66. The van der Waals surface area contributed by atoms with Crippen molar-refractivity contribution in [1.82, 2.24) is 9.88 Å². The van der Waals surface area contributed by atoms with Gasteiger partial charge in [-0.05, 0) is 36.6 Å². The monoisotopic (exact) mass is 339 g/mol. The van der Waals surface area contributed by atoms with E-state index in [0.29, 0.717) is 17.8 Å². The maximum atomic E-state index is 12.9. The van der Waals surface area contributed by atoms with Gasteiger partial charge in [0.1, 0.15) is 0 Å². The molecule has 0 radical (unpaired) electrons. The van der Waals surface area contributed by atoms with Gasteiger partial charge in [-0.25, -0.2) is 0 Å². The average molecular weight is 339 g/mol. The van der Waals surface area contributed by atoms with Gasteiger partial charge in [0.15, 0.2) is 0 Å². The summed E-state index contributed by atoms with van der Waals surface area (Å²) in [5.74, 6) is -0.00167. The van der Waals surface area contributed by atoms with Crippen LogP contribution in [0.4, 0.5) is 5.69 Å². The van der Waals surface area contributed by atoms with Gasteiger partial charge in [0, 0.05) is 36.1 Å². The fraction of sp³-hybridized carbons (Fsp3) is 0.400. The molecule has 1 amide bonds. The second-order valence-corrected chi connectivity index (χ2v) is 6.60. The Balaban J connectivity index is 1.78. The van der Waals surface area contributed by atoms with Crippen molar-refractivity contribution in [1.29, 1.82) is 0 Å². The number of hydrogen-bond acceptors (Lipinski definition) is 4. The first-order valence-corrected chi connectivity index (χ1v) is 8.92. The second-order valence-electron chi connectivity index (χ2n) is 6.60. The Hall–Kier alpha value is -2.40. The maximum absolute atomic E-state index is 12.9. The minimum atomic E-state index is -0.00468. The highest BCUT2D eigenvalue weighted by molar-refractivity contribution is 5.95. The summed E-state index contributed by atoms with van der Waals surface area (Å²) in [6.45, 7) is 0.389. The van der Waals surface area contributed by atoms with Gasteiger partial charge in [0.25, 0.3) is 5.91 Å². The first-order chi connectivity index (χ1) is 12.2. The quantitative estimate of drug-likeness (QED) is 0.877. The molecule has 0 aliphatic heterocycles. The minimum Gasteiger partial charge on any atom is -0.397 e. The number of benzene rings is 1. The van der Waals surface area contributed by atoms with Gasteiger partial charge in [-0.15, -0.1) is 0 Å². The molecule has 0 unspecified atom stereocenters. The summed E-state index contributed by atoms with van der Waals surface area (Å²) in [6, 6.07) is 9.63. The molecule has 0 saturated heterocycles. The Labute approximate surface area is 148 Å². The molecule has 5 nitrogen and oxygen atoms in total. The molecule has 0 atom stereocenters. The van der Waals surface area contributed by atoms with Gasteiger partial charge in [0.05, 0.1) is 12.3 Å². The second kappa shape index (κ2) is 8.12. The summed E-state index contributed by atoms with van der Waals surface area (Å²) in [7, 11) is 0. The van der Waals surface area contributed by atoms with Gasteiger partial charge in [-0.1, -0.05) is 31.4 Å². The van der Waals surface area contributed by atoms with Crippen LogP contribution >= 0.6 is 0 Å². The number of rotatable bonds is 5. The minimum absolute atomic E-state index is 0.00167. The van der Waals surface area contributed by atoms with Crippen molar-refractivity contribution in [3.05, 3.63) is 48.3 Å². The van der Waals surface area contributed by atoms with Crippen LogP contribution in [0.15, 0.2) is 42.7 Å². The summed E-state index contributed by atoms with van der Waals surface area (Å²) >= 11 is 0. The van der Waals surface area contributed by atoms with Crippen LogP contribution in [0.3, 0.4) is 0 Å². The first-order valence-electron chi connectivity index (χ1n) is 8.92. The van der Waals surface area contributed by atoms with E-state index >= 15 is 0 Å². The molecule has 3 N–H and O–H groups in total. The zero-order chi connectivity index (χ0) is 17.6. The van der Waals surface area contributed by atoms with Gasteiger partial charge in [-0.3, -0.25) is 9.78 Å². The van der Waals surface area contributed by atoms with Crippen LogP contribution in [0, 0.1) is 0 Å². The Morgan fingerprint density at radius 3 is 2.48 bits per heavy atom. The van der Waals surface area contributed by atoms with E-state index in [2.05, 4.69) is 4.98 Å². The summed E-state index contributed by atoms with van der Waals surface area (Å²) in [5, 5.41) is 9.37. The molecular weight excluding hydrogens is 314 g/mol. The summed E-state index contributed by atoms with van der Waals surface area (Å²) < 4.78 is 0. The van der Waals surface area contributed by atoms with E-state index in [1.165, 1.54) is 6.42 Å². The molecule has 1 aromatic carbocycles. The van der Waals surface area contributed by atoms with E-state index in [1.54, 1.807) is 12.4 Å². The zero-order valence-corrected chi connectivity index (χ0v) is 14.4. The predicted octanol–water partition coefficient (Wildman–Crippen LogP) is 3.10. The van der Waals surface area contributed by atoms with Crippen LogP contribution in [-0.2, 0) is 0 Å². The van der Waals surface area contributed by atoms with Gasteiger partial charge in [0.2, 0.25) is 0 Å². The molecule has 1 heterocycles. The smallest absolute Gasteiger partial charge is 0.254 e. The van der Waals surface area contributed by atoms with Crippen molar-refractivity contribution in [2.45, 2.75) is 38.1 Å². The number of pyridine rings is 1. The maximum Gasteiger partial charge on any atom is 0.254 e. The lowest BCUT2D eigenvalue weighted by Crippen LogP contribution is -2.43. The number of aliphatic hydroxyl groups excluding tert-OH is 1. The number of aliphatic hydroxyl groups is 1. The fourth-order valence-corrected chi connectivity index (χ4v) is 3.54. The van der Waals surface area contributed by atoms with Crippen molar-refractivity contribution in [2.75, 3.05) is 18.9 Å². The van der Waals surface area contributed by atoms with Gasteiger partial charge >= 0.3 is 0 Å². The fourth-order valence-electron chi connectivity index (χ4n) is 3.54. The van der Waals surface area contributed by atoms with E-state index in [1.807, 2.05) is 35.2 Å². The van der Waals surface area contributed by atoms with Crippen molar-refractivity contribution in [2.24, 2.45) is 0 Å². The molecule has 1 fully saturated rings. The topological polar surface area (TPSA) is 79.5 Å². The van der Waals surface area contributed by atoms with E-state index in [-0.39, 0.29) is 18.6 Å². The lowest BCUT2D eigenvalue weighted by molar-refractivity contribution is 0.0585. The van der Waals surface area contributed by atoms with Gasteiger partial charge < -0.3 is 15.7 Å². The SMILES string of the molecule is Nc1cncc(-c2ccc(C(=O)N(CCO)C3CCCCC3)cc2)c1. The summed E-state index contributed by atoms with van der Waals surface area (Å²) in [4.78, 5) is 18.9. The third-order valence-electron chi connectivity index (χ3n) is 4.84. The summed E-state index contributed by atoms with van der Waals surface area (Å²) in [6.07, 6.45) is 8.96. The Kier molecular flexibility index (Phi) is 5.66. The molecule has 0 spiro atoms. The van der Waals surface area contributed by atoms with E-state index in [4.69, 9.17) is 5.73 Å². The van der Waals surface area contributed by atoms with E-state index < -0.39 is 0 Å². The van der Waals surface area contributed by atoms with Crippen molar-refractivity contribution in [3.8, 4) is 11.1 Å². The molecule has 0 bridgehead atoms. The highest BCUT2D eigenvalue weighted by Gasteiger charge is 2.25. The van der Waals surface area contributed by atoms with Crippen LogP contribution in [0.25, 0.3) is 11.1 Å². The molecule has 3 rings (SSSR count). The van der Waals surface area contributed by atoms with E-state index in [9.17, 15) is 9.90 Å². The molecule has 1 saturated carbocycles. The molecule has 2 aromatic rings.